The molecular formula is C10H22N2O2S. The minimum absolute atomic E-state index is 0.661. The Morgan fingerprint density at radius 2 is 1.67 bits per heavy atom. The molecule has 1 aliphatic heterocycles. The smallest absolute Gasteiger partial charge is 0.195 e. The van der Waals surface area contributed by atoms with Gasteiger partial charge in [-0.2, -0.15) is 17.0 Å². The van der Waals surface area contributed by atoms with E-state index in [0.717, 1.165) is 12.8 Å². The molecule has 1 heterocycles. The average molecular weight is 234 g/mol. The van der Waals surface area contributed by atoms with Crippen LogP contribution in [0.5, 0.6) is 0 Å². The SMILES string of the molecule is CC(C)C1CCN(S(=O)(=O)N(C)C)CC1. The highest BCUT2D eigenvalue weighted by Gasteiger charge is 2.30. The van der Waals surface area contributed by atoms with Crippen LogP contribution in [0.3, 0.4) is 0 Å². The lowest BCUT2D eigenvalue weighted by atomic mass is 9.87. The Labute approximate surface area is 93.4 Å². The summed E-state index contributed by atoms with van der Waals surface area (Å²) in [5.41, 5.74) is 0. The number of hydrogen-bond donors (Lipinski definition) is 0. The van der Waals surface area contributed by atoms with Crippen LogP contribution in [0.4, 0.5) is 0 Å². The van der Waals surface area contributed by atoms with Crippen molar-refractivity contribution >= 4 is 10.2 Å². The van der Waals surface area contributed by atoms with Gasteiger partial charge in [0.05, 0.1) is 0 Å². The van der Waals surface area contributed by atoms with Crippen LogP contribution >= 0.6 is 0 Å². The highest BCUT2D eigenvalue weighted by atomic mass is 32.2. The van der Waals surface area contributed by atoms with Crippen molar-refractivity contribution in [2.75, 3.05) is 27.2 Å². The topological polar surface area (TPSA) is 40.6 Å². The summed E-state index contributed by atoms with van der Waals surface area (Å²) in [5, 5.41) is 0. The van der Waals surface area contributed by atoms with E-state index in [1.807, 2.05) is 0 Å². The van der Waals surface area contributed by atoms with E-state index in [1.165, 1.54) is 4.31 Å². The van der Waals surface area contributed by atoms with Gasteiger partial charge in [0.15, 0.2) is 0 Å². The molecule has 15 heavy (non-hydrogen) atoms. The van der Waals surface area contributed by atoms with Crippen LogP contribution in [0.1, 0.15) is 26.7 Å². The van der Waals surface area contributed by atoms with Gasteiger partial charge in [-0.3, -0.25) is 0 Å². The monoisotopic (exact) mass is 234 g/mol. The zero-order chi connectivity index (χ0) is 11.6. The summed E-state index contributed by atoms with van der Waals surface area (Å²) in [6.45, 7) is 5.76. The first kappa shape index (κ1) is 12.9. The van der Waals surface area contributed by atoms with Crippen LogP contribution in [-0.4, -0.2) is 44.2 Å². The van der Waals surface area contributed by atoms with E-state index < -0.39 is 10.2 Å². The van der Waals surface area contributed by atoms with Crippen LogP contribution < -0.4 is 0 Å². The minimum Gasteiger partial charge on any atom is -0.195 e. The third-order valence-electron chi connectivity index (χ3n) is 3.23. The fourth-order valence-electron chi connectivity index (χ4n) is 2.00. The highest BCUT2D eigenvalue weighted by Crippen LogP contribution is 2.26. The van der Waals surface area contributed by atoms with Gasteiger partial charge in [0, 0.05) is 27.2 Å². The van der Waals surface area contributed by atoms with Crippen LogP contribution in [0.15, 0.2) is 0 Å². The molecule has 0 aromatic carbocycles. The van der Waals surface area contributed by atoms with Gasteiger partial charge in [0.25, 0.3) is 10.2 Å². The van der Waals surface area contributed by atoms with Crippen molar-refractivity contribution in [1.29, 1.82) is 0 Å². The van der Waals surface area contributed by atoms with Crippen LogP contribution in [0.25, 0.3) is 0 Å². The van der Waals surface area contributed by atoms with E-state index >= 15 is 0 Å². The van der Waals surface area contributed by atoms with Crippen molar-refractivity contribution in [2.45, 2.75) is 26.7 Å². The Morgan fingerprint density at radius 1 is 1.20 bits per heavy atom. The lowest BCUT2D eigenvalue weighted by molar-refractivity contribution is 0.220. The second-order valence-electron chi connectivity index (χ2n) is 4.77. The molecule has 1 fully saturated rings. The average Bonchev–Trinajstić information content (AvgIpc) is 2.17. The van der Waals surface area contributed by atoms with E-state index in [4.69, 9.17) is 0 Å². The summed E-state index contributed by atoms with van der Waals surface area (Å²) in [7, 11) is -0.00807. The second-order valence-corrected chi connectivity index (χ2v) is 6.91. The van der Waals surface area contributed by atoms with Gasteiger partial charge in [-0.1, -0.05) is 13.8 Å². The van der Waals surface area contributed by atoms with Crippen molar-refractivity contribution < 1.29 is 8.42 Å². The van der Waals surface area contributed by atoms with Crippen molar-refractivity contribution in [2.24, 2.45) is 11.8 Å². The lowest BCUT2D eigenvalue weighted by Crippen LogP contribution is -2.44. The fourth-order valence-corrected chi connectivity index (χ4v) is 3.14. The Balaban J connectivity index is 2.58. The third kappa shape index (κ3) is 2.92. The van der Waals surface area contributed by atoms with Gasteiger partial charge < -0.3 is 0 Å². The molecule has 90 valence electrons. The van der Waals surface area contributed by atoms with Crippen molar-refractivity contribution in [3.63, 3.8) is 0 Å². The quantitative estimate of drug-likeness (QED) is 0.735. The summed E-state index contributed by atoms with van der Waals surface area (Å²) in [4.78, 5) is 0. The van der Waals surface area contributed by atoms with Crippen molar-refractivity contribution in [3.8, 4) is 0 Å². The zero-order valence-corrected chi connectivity index (χ0v) is 10.9. The molecule has 0 aromatic rings. The molecule has 0 unspecified atom stereocenters. The number of piperidine rings is 1. The van der Waals surface area contributed by atoms with Crippen LogP contribution in [0, 0.1) is 11.8 Å². The Kier molecular flexibility index (Phi) is 4.14. The van der Waals surface area contributed by atoms with Crippen molar-refractivity contribution in [3.05, 3.63) is 0 Å². The van der Waals surface area contributed by atoms with Gasteiger partial charge in [0.2, 0.25) is 0 Å². The van der Waals surface area contributed by atoms with Gasteiger partial charge in [0.1, 0.15) is 0 Å². The van der Waals surface area contributed by atoms with Gasteiger partial charge in [-0.25, -0.2) is 0 Å². The molecule has 0 aromatic heterocycles. The standard InChI is InChI=1S/C10H22N2O2S/c1-9(2)10-5-7-12(8-6-10)15(13,14)11(3)4/h9-10H,5-8H2,1-4H3. The van der Waals surface area contributed by atoms with Crippen LogP contribution in [-0.2, 0) is 10.2 Å². The molecule has 0 aliphatic carbocycles. The third-order valence-corrected chi connectivity index (χ3v) is 5.17. The second kappa shape index (κ2) is 4.80. The molecule has 0 N–H and O–H groups in total. The van der Waals surface area contributed by atoms with Crippen molar-refractivity contribution in [1.82, 2.24) is 8.61 Å². The number of rotatable bonds is 3. The van der Waals surface area contributed by atoms with E-state index in [0.29, 0.717) is 24.9 Å². The largest absolute Gasteiger partial charge is 0.281 e. The maximum absolute atomic E-state index is 11.8. The molecule has 1 rings (SSSR count). The summed E-state index contributed by atoms with van der Waals surface area (Å²) >= 11 is 0. The predicted octanol–water partition coefficient (Wildman–Crippen LogP) is 1.16. The summed E-state index contributed by atoms with van der Waals surface area (Å²) in [6, 6.07) is 0. The molecule has 0 saturated carbocycles. The first-order valence-corrected chi connectivity index (χ1v) is 6.93. The normalized spacial score (nSPS) is 21.5. The number of nitrogens with zero attached hydrogens (tertiary/aromatic N) is 2. The molecule has 5 heteroatoms. The Hall–Kier alpha value is -0.130. The first-order chi connectivity index (χ1) is 6.85. The predicted molar refractivity (Wildman–Crippen MR) is 61.7 cm³/mol. The van der Waals surface area contributed by atoms with Gasteiger partial charge >= 0.3 is 0 Å². The van der Waals surface area contributed by atoms with E-state index in [2.05, 4.69) is 13.8 Å². The zero-order valence-electron chi connectivity index (χ0n) is 10.1. The lowest BCUT2D eigenvalue weighted by Gasteiger charge is -2.34. The van der Waals surface area contributed by atoms with Crippen LogP contribution in [0.2, 0.25) is 0 Å². The molecule has 4 nitrogen and oxygen atoms in total. The molecule has 0 spiro atoms. The summed E-state index contributed by atoms with van der Waals surface area (Å²) in [5.74, 6) is 1.34. The van der Waals surface area contributed by atoms with Gasteiger partial charge in [-0.15, -0.1) is 0 Å². The molecule has 1 aliphatic rings. The fraction of sp³-hybridized carbons (Fsp3) is 1.00. The molecule has 0 amide bonds. The van der Waals surface area contributed by atoms with E-state index in [-0.39, 0.29) is 0 Å². The summed E-state index contributed by atoms with van der Waals surface area (Å²) in [6.07, 6.45) is 1.98. The van der Waals surface area contributed by atoms with E-state index in [1.54, 1.807) is 18.4 Å². The number of hydrogen-bond acceptors (Lipinski definition) is 2. The van der Waals surface area contributed by atoms with E-state index in [9.17, 15) is 8.42 Å². The Morgan fingerprint density at radius 3 is 2.00 bits per heavy atom. The maximum atomic E-state index is 11.8. The minimum atomic E-state index is -3.18. The molecule has 0 bridgehead atoms. The first-order valence-electron chi connectivity index (χ1n) is 5.53. The highest BCUT2D eigenvalue weighted by molar-refractivity contribution is 7.86. The molecule has 1 saturated heterocycles. The molecular weight excluding hydrogens is 212 g/mol. The maximum Gasteiger partial charge on any atom is 0.281 e. The molecule has 0 radical (unpaired) electrons. The Bertz CT molecular complexity index is 291. The van der Waals surface area contributed by atoms with Gasteiger partial charge in [-0.05, 0) is 24.7 Å². The molecule has 0 atom stereocenters. The summed E-state index contributed by atoms with van der Waals surface area (Å²) < 4.78 is 26.5.